The predicted molar refractivity (Wildman–Crippen MR) is 94.6 cm³/mol. The number of amides is 2. The lowest BCUT2D eigenvalue weighted by atomic mass is 10.1. The van der Waals surface area contributed by atoms with E-state index in [1.165, 1.54) is 6.07 Å². The van der Waals surface area contributed by atoms with Crippen LogP contribution in [0.1, 0.15) is 11.1 Å². The lowest BCUT2D eigenvalue weighted by Crippen LogP contribution is -2.34. The van der Waals surface area contributed by atoms with Gasteiger partial charge >= 0.3 is 0 Å². The van der Waals surface area contributed by atoms with E-state index in [1.54, 1.807) is 6.07 Å². The molecular weight excluding hydrogens is 346 g/mol. The summed E-state index contributed by atoms with van der Waals surface area (Å²) >= 11 is 1.06. The summed E-state index contributed by atoms with van der Waals surface area (Å²) < 4.78 is 25.9. The highest BCUT2D eigenvalue weighted by molar-refractivity contribution is 8.00. The van der Waals surface area contributed by atoms with E-state index in [0.717, 1.165) is 35.0 Å². The molecule has 2 rings (SSSR count). The molecule has 0 saturated carbocycles. The molecule has 0 saturated heterocycles. The first-order chi connectivity index (χ1) is 11.9. The van der Waals surface area contributed by atoms with Crippen molar-refractivity contribution in [1.82, 2.24) is 5.32 Å². The van der Waals surface area contributed by atoms with Crippen molar-refractivity contribution in [3.8, 4) is 0 Å². The molecule has 0 fully saturated rings. The molecule has 2 amide bonds. The maximum absolute atomic E-state index is 13.1. The first kappa shape index (κ1) is 18.9. The number of rotatable bonds is 6. The number of carbonyl (C=O) groups excluding carboxylic acids is 2. The Morgan fingerprint density at radius 2 is 1.80 bits per heavy atom. The first-order valence-corrected chi connectivity index (χ1v) is 8.56. The molecule has 0 spiro atoms. The molecule has 2 aromatic rings. The van der Waals surface area contributed by atoms with Crippen LogP contribution >= 0.6 is 11.8 Å². The summed E-state index contributed by atoms with van der Waals surface area (Å²) in [6.07, 6.45) is 0. The second-order valence-corrected chi connectivity index (χ2v) is 6.49. The Balaban J connectivity index is 1.78. The summed E-state index contributed by atoms with van der Waals surface area (Å²) in [5, 5.41) is 5.24. The maximum atomic E-state index is 13.1. The lowest BCUT2D eigenvalue weighted by Gasteiger charge is -2.11. The number of benzene rings is 2. The Hall–Kier alpha value is -2.41. The van der Waals surface area contributed by atoms with E-state index < -0.39 is 11.6 Å². The van der Waals surface area contributed by atoms with Crippen LogP contribution in [0.3, 0.4) is 0 Å². The van der Waals surface area contributed by atoms with Gasteiger partial charge in [0.25, 0.3) is 0 Å². The monoisotopic (exact) mass is 364 g/mol. The number of aryl methyl sites for hydroxylation is 1. The van der Waals surface area contributed by atoms with E-state index >= 15 is 0 Å². The van der Waals surface area contributed by atoms with Crippen LogP contribution in [-0.2, 0) is 9.59 Å². The van der Waals surface area contributed by atoms with Crippen LogP contribution in [0.4, 0.5) is 14.5 Å². The highest BCUT2D eigenvalue weighted by atomic mass is 32.2. The van der Waals surface area contributed by atoms with Gasteiger partial charge in [0.2, 0.25) is 11.8 Å². The average Bonchev–Trinajstić information content (AvgIpc) is 2.58. The number of hydrogen-bond acceptors (Lipinski definition) is 3. The van der Waals surface area contributed by atoms with E-state index in [4.69, 9.17) is 0 Å². The Labute approximate surface area is 149 Å². The van der Waals surface area contributed by atoms with Gasteiger partial charge in [-0.15, -0.1) is 11.8 Å². The zero-order valence-corrected chi connectivity index (χ0v) is 14.7. The van der Waals surface area contributed by atoms with Crippen LogP contribution in [0.15, 0.2) is 41.3 Å². The molecule has 4 nitrogen and oxygen atoms in total. The quantitative estimate of drug-likeness (QED) is 0.772. The molecule has 0 unspecified atom stereocenters. The van der Waals surface area contributed by atoms with Crippen molar-refractivity contribution in [2.24, 2.45) is 0 Å². The van der Waals surface area contributed by atoms with Crippen molar-refractivity contribution in [2.75, 3.05) is 17.6 Å². The van der Waals surface area contributed by atoms with Gasteiger partial charge < -0.3 is 10.6 Å². The first-order valence-electron chi connectivity index (χ1n) is 7.57. The minimum atomic E-state index is -0.960. The van der Waals surface area contributed by atoms with Gasteiger partial charge in [-0.1, -0.05) is 12.1 Å². The molecule has 0 aliphatic heterocycles. The second-order valence-electron chi connectivity index (χ2n) is 5.44. The minimum Gasteiger partial charge on any atom is -0.346 e. The van der Waals surface area contributed by atoms with E-state index in [2.05, 4.69) is 10.6 Å². The zero-order valence-electron chi connectivity index (χ0n) is 13.9. The van der Waals surface area contributed by atoms with Gasteiger partial charge in [-0.05, 0) is 49.2 Å². The van der Waals surface area contributed by atoms with Crippen molar-refractivity contribution >= 4 is 29.3 Å². The predicted octanol–water partition coefficient (Wildman–Crippen LogP) is 3.43. The topological polar surface area (TPSA) is 58.2 Å². The molecule has 0 heterocycles. The summed E-state index contributed by atoms with van der Waals surface area (Å²) in [4.78, 5) is 24.1. The highest BCUT2D eigenvalue weighted by Gasteiger charge is 2.09. The van der Waals surface area contributed by atoms with Crippen molar-refractivity contribution in [1.29, 1.82) is 0 Å². The fourth-order valence-electron chi connectivity index (χ4n) is 2.03. The molecule has 2 N–H and O–H groups in total. The lowest BCUT2D eigenvalue weighted by molar-refractivity contribution is -0.122. The van der Waals surface area contributed by atoms with Gasteiger partial charge in [0.05, 0.1) is 12.3 Å². The summed E-state index contributed by atoms with van der Waals surface area (Å²) in [5.41, 5.74) is 2.73. The van der Waals surface area contributed by atoms with E-state index in [-0.39, 0.29) is 24.1 Å². The number of anilines is 1. The Morgan fingerprint density at radius 1 is 1.04 bits per heavy atom. The Kier molecular flexibility index (Phi) is 6.52. The van der Waals surface area contributed by atoms with Gasteiger partial charge in [0.15, 0.2) is 11.6 Å². The molecule has 0 atom stereocenters. The van der Waals surface area contributed by atoms with Crippen LogP contribution in [0.2, 0.25) is 0 Å². The number of halogens is 2. The Morgan fingerprint density at radius 3 is 2.52 bits per heavy atom. The van der Waals surface area contributed by atoms with Crippen LogP contribution in [0.25, 0.3) is 0 Å². The molecule has 132 valence electrons. The third-order valence-electron chi connectivity index (χ3n) is 3.59. The number of carbonyl (C=O) groups is 2. The molecule has 25 heavy (non-hydrogen) atoms. The third-order valence-corrected chi connectivity index (χ3v) is 4.58. The van der Waals surface area contributed by atoms with Gasteiger partial charge in [-0.3, -0.25) is 9.59 Å². The van der Waals surface area contributed by atoms with E-state index in [0.29, 0.717) is 10.6 Å². The second kappa shape index (κ2) is 8.62. The van der Waals surface area contributed by atoms with Crippen LogP contribution in [-0.4, -0.2) is 24.1 Å². The largest absolute Gasteiger partial charge is 0.346 e. The molecular formula is C18H18F2N2O2S. The summed E-state index contributed by atoms with van der Waals surface area (Å²) in [5.74, 6) is -2.59. The normalized spacial score (nSPS) is 10.4. The third kappa shape index (κ3) is 5.56. The standard InChI is InChI=1S/C18H18F2N2O2S/c1-11-4-3-5-16(12(11)2)22-17(23)9-21-18(24)10-25-13-6-7-14(19)15(20)8-13/h3-8H,9-10H2,1-2H3,(H,21,24)(H,22,23). The van der Waals surface area contributed by atoms with Crippen molar-refractivity contribution in [3.63, 3.8) is 0 Å². The number of hydrogen-bond donors (Lipinski definition) is 2. The molecule has 0 aliphatic carbocycles. The SMILES string of the molecule is Cc1cccc(NC(=O)CNC(=O)CSc2ccc(F)c(F)c2)c1C. The molecule has 7 heteroatoms. The van der Waals surface area contributed by atoms with Crippen molar-refractivity contribution < 1.29 is 18.4 Å². The molecule has 2 aromatic carbocycles. The summed E-state index contributed by atoms with van der Waals surface area (Å²) in [6, 6.07) is 9.01. The van der Waals surface area contributed by atoms with E-state index in [1.807, 2.05) is 26.0 Å². The average molecular weight is 364 g/mol. The van der Waals surface area contributed by atoms with Gasteiger partial charge in [-0.25, -0.2) is 8.78 Å². The van der Waals surface area contributed by atoms with E-state index in [9.17, 15) is 18.4 Å². The number of nitrogens with one attached hydrogen (secondary N) is 2. The van der Waals surface area contributed by atoms with Crippen LogP contribution in [0.5, 0.6) is 0 Å². The summed E-state index contributed by atoms with van der Waals surface area (Å²) in [7, 11) is 0. The zero-order chi connectivity index (χ0) is 18.4. The molecule has 0 radical (unpaired) electrons. The van der Waals surface area contributed by atoms with Gasteiger partial charge in [0, 0.05) is 10.6 Å². The van der Waals surface area contributed by atoms with Gasteiger partial charge in [-0.2, -0.15) is 0 Å². The fourth-order valence-corrected chi connectivity index (χ4v) is 2.78. The number of thioether (sulfide) groups is 1. The molecule has 0 aliphatic rings. The van der Waals surface area contributed by atoms with Gasteiger partial charge in [0.1, 0.15) is 0 Å². The minimum absolute atomic E-state index is 0.00181. The van der Waals surface area contributed by atoms with Crippen molar-refractivity contribution in [3.05, 3.63) is 59.2 Å². The fraction of sp³-hybridized carbons (Fsp3) is 0.222. The van der Waals surface area contributed by atoms with Crippen molar-refractivity contribution in [2.45, 2.75) is 18.7 Å². The maximum Gasteiger partial charge on any atom is 0.243 e. The molecule has 0 aromatic heterocycles. The Bertz CT molecular complexity index is 797. The van der Waals surface area contributed by atoms with Crippen LogP contribution in [0, 0.1) is 25.5 Å². The highest BCUT2D eigenvalue weighted by Crippen LogP contribution is 2.20. The summed E-state index contributed by atoms with van der Waals surface area (Å²) in [6.45, 7) is 3.69. The smallest absolute Gasteiger partial charge is 0.243 e. The molecule has 0 bridgehead atoms. The van der Waals surface area contributed by atoms with Crippen LogP contribution < -0.4 is 10.6 Å².